The largest absolute Gasteiger partial charge is 0.457 e. The summed E-state index contributed by atoms with van der Waals surface area (Å²) in [5.74, 6) is 0.105. The van der Waals surface area contributed by atoms with Crippen molar-refractivity contribution >= 4 is 21.6 Å². The minimum absolute atomic E-state index is 0.321. The molecular formula is C16H18N2O5S. The summed E-state index contributed by atoms with van der Waals surface area (Å²) in [6, 6.07) is 15.8. The number of hydroxylamine groups is 1. The van der Waals surface area contributed by atoms with Gasteiger partial charge in [0.25, 0.3) is 0 Å². The molecule has 2 aromatic carbocycles. The quantitative estimate of drug-likeness (QED) is 0.589. The molecule has 128 valence electrons. The maximum atomic E-state index is 12.2. The standard InChI is InChI=1S/C16H18N2O5S/c1-18(24(21,22)12-11-16(19)17-20)13-7-9-15(10-8-13)23-14-5-3-2-4-6-14/h2-10,20H,11-12H2,1H3,(H,17,19). The summed E-state index contributed by atoms with van der Waals surface area (Å²) in [5.41, 5.74) is 1.85. The zero-order valence-corrected chi connectivity index (χ0v) is 13.9. The molecule has 0 saturated heterocycles. The molecule has 2 N–H and O–H groups in total. The highest BCUT2D eigenvalue weighted by Gasteiger charge is 2.19. The third kappa shape index (κ3) is 4.71. The first-order valence-electron chi connectivity index (χ1n) is 7.15. The highest BCUT2D eigenvalue weighted by atomic mass is 32.2. The summed E-state index contributed by atoms with van der Waals surface area (Å²) in [6.45, 7) is 0. The van der Waals surface area contributed by atoms with Gasteiger partial charge in [-0.2, -0.15) is 0 Å². The number of sulfonamides is 1. The number of hydrogen-bond acceptors (Lipinski definition) is 5. The molecule has 0 radical (unpaired) electrons. The average molecular weight is 350 g/mol. The van der Waals surface area contributed by atoms with Gasteiger partial charge < -0.3 is 4.74 Å². The number of para-hydroxylation sites is 1. The monoisotopic (exact) mass is 350 g/mol. The van der Waals surface area contributed by atoms with Crippen LogP contribution in [0, 0.1) is 0 Å². The Hall–Kier alpha value is -2.58. The first-order chi connectivity index (χ1) is 11.4. The zero-order chi connectivity index (χ0) is 17.6. The normalized spacial score (nSPS) is 10.9. The Morgan fingerprint density at radius 2 is 1.67 bits per heavy atom. The number of benzene rings is 2. The number of amides is 1. The molecule has 24 heavy (non-hydrogen) atoms. The molecule has 0 bridgehead atoms. The van der Waals surface area contributed by atoms with E-state index in [9.17, 15) is 13.2 Å². The molecule has 2 rings (SSSR count). The van der Waals surface area contributed by atoms with Crippen molar-refractivity contribution in [2.75, 3.05) is 17.1 Å². The molecule has 0 aliphatic heterocycles. The SMILES string of the molecule is CN(c1ccc(Oc2ccccc2)cc1)S(=O)(=O)CCC(=O)NO. The number of nitrogens with zero attached hydrogens (tertiary/aromatic N) is 1. The number of ether oxygens (including phenoxy) is 1. The maximum Gasteiger partial charge on any atom is 0.244 e. The Morgan fingerprint density at radius 3 is 2.25 bits per heavy atom. The van der Waals surface area contributed by atoms with Crippen LogP contribution >= 0.6 is 0 Å². The molecule has 8 heteroatoms. The third-order valence-electron chi connectivity index (χ3n) is 3.31. The van der Waals surface area contributed by atoms with Crippen LogP contribution in [0.25, 0.3) is 0 Å². The molecule has 1 amide bonds. The average Bonchev–Trinajstić information content (AvgIpc) is 2.60. The minimum Gasteiger partial charge on any atom is -0.457 e. The summed E-state index contributed by atoms with van der Waals surface area (Å²) in [6.07, 6.45) is -0.321. The Morgan fingerprint density at radius 1 is 1.08 bits per heavy atom. The van der Waals surface area contributed by atoms with E-state index in [1.165, 1.54) is 12.5 Å². The molecule has 0 saturated carbocycles. The molecular weight excluding hydrogens is 332 g/mol. The van der Waals surface area contributed by atoms with Gasteiger partial charge in [0.1, 0.15) is 11.5 Å². The zero-order valence-electron chi connectivity index (χ0n) is 13.0. The number of carbonyl (C=O) groups is 1. The predicted molar refractivity (Wildman–Crippen MR) is 89.7 cm³/mol. The van der Waals surface area contributed by atoms with E-state index in [0.717, 1.165) is 4.31 Å². The van der Waals surface area contributed by atoms with Gasteiger partial charge in [0.2, 0.25) is 15.9 Å². The predicted octanol–water partition coefficient (Wildman–Crippen LogP) is 2.14. The van der Waals surface area contributed by atoms with Gasteiger partial charge in [-0.1, -0.05) is 18.2 Å². The van der Waals surface area contributed by atoms with Gasteiger partial charge in [0, 0.05) is 13.5 Å². The summed E-state index contributed by atoms with van der Waals surface area (Å²) >= 11 is 0. The van der Waals surface area contributed by atoms with Crippen LogP contribution in [0.5, 0.6) is 11.5 Å². The molecule has 0 spiro atoms. The summed E-state index contributed by atoms with van der Waals surface area (Å²) in [4.78, 5) is 11.0. The van der Waals surface area contributed by atoms with E-state index in [2.05, 4.69) is 0 Å². The highest BCUT2D eigenvalue weighted by Crippen LogP contribution is 2.25. The summed E-state index contributed by atoms with van der Waals surface area (Å²) in [5, 5.41) is 8.42. The second-order valence-electron chi connectivity index (χ2n) is 4.98. The molecule has 0 aliphatic carbocycles. The van der Waals surface area contributed by atoms with Gasteiger partial charge in [-0.3, -0.25) is 14.3 Å². The maximum absolute atomic E-state index is 12.2. The van der Waals surface area contributed by atoms with E-state index in [1.54, 1.807) is 24.3 Å². The van der Waals surface area contributed by atoms with Crippen LogP contribution in [-0.4, -0.2) is 32.3 Å². The van der Waals surface area contributed by atoms with Crippen molar-refractivity contribution in [2.45, 2.75) is 6.42 Å². The fraction of sp³-hybridized carbons (Fsp3) is 0.188. The van der Waals surface area contributed by atoms with E-state index >= 15 is 0 Å². The van der Waals surface area contributed by atoms with Crippen molar-refractivity contribution in [3.05, 3.63) is 54.6 Å². The second kappa shape index (κ2) is 7.80. The van der Waals surface area contributed by atoms with Crippen LogP contribution in [0.2, 0.25) is 0 Å². The lowest BCUT2D eigenvalue weighted by molar-refractivity contribution is -0.128. The van der Waals surface area contributed by atoms with Crippen LogP contribution in [-0.2, 0) is 14.8 Å². The van der Waals surface area contributed by atoms with Crippen molar-refractivity contribution in [3.8, 4) is 11.5 Å². The van der Waals surface area contributed by atoms with E-state index < -0.39 is 21.7 Å². The Balaban J connectivity index is 2.05. The molecule has 0 unspecified atom stereocenters. The van der Waals surface area contributed by atoms with Gasteiger partial charge in [0.05, 0.1) is 11.4 Å². The van der Waals surface area contributed by atoms with Gasteiger partial charge in [-0.15, -0.1) is 0 Å². The first-order valence-corrected chi connectivity index (χ1v) is 8.76. The molecule has 2 aromatic rings. The molecule has 0 heterocycles. The van der Waals surface area contributed by atoms with Gasteiger partial charge in [0.15, 0.2) is 0 Å². The number of carbonyl (C=O) groups excluding carboxylic acids is 1. The fourth-order valence-electron chi connectivity index (χ4n) is 1.92. The van der Waals surface area contributed by atoms with Crippen molar-refractivity contribution in [1.82, 2.24) is 5.48 Å². The lowest BCUT2D eigenvalue weighted by atomic mass is 10.3. The Labute approximate surface area is 140 Å². The van der Waals surface area contributed by atoms with Crippen LogP contribution in [0.1, 0.15) is 6.42 Å². The summed E-state index contributed by atoms with van der Waals surface area (Å²) in [7, 11) is -2.27. The van der Waals surface area contributed by atoms with E-state index in [1.807, 2.05) is 30.3 Å². The van der Waals surface area contributed by atoms with Crippen LogP contribution in [0.3, 0.4) is 0 Å². The van der Waals surface area contributed by atoms with Crippen LogP contribution < -0.4 is 14.5 Å². The van der Waals surface area contributed by atoms with Gasteiger partial charge in [-0.25, -0.2) is 13.9 Å². The summed E-state index contributed by atoms with van der Waals surface area (Å²) < 4.78 is 31.1. The second-order valence-corrected chi connectivity index (χ2v) is 7.10. The lowest BCUT2D eigenvalue weighted by Gasteiger charge is -2.19. The number of rotatable bonds is 7. The number of anilines is 1. The van der Waals surface area contributed by atoms with Gasteiger partial charge >= 0.3 is 0 Å². The minimum atomic E-state index is -3.67. The first kappa shape index (κ1) is 17.8. The van der Waals surface area contributed by atoms with E-state index in [0.29, 0.717) is 17.2 Å². The highest BCUT2D eigenvalue weighted by molar-refractivity contribution is 7.92. The van der Waals surface area contributed by atoms with Crippen LogP contribution in [0.4, 0.5) is 5.69 Å². The topological polar surface area (TPSA) is 95.9 Å². The molecule has 0 atom stereocenters. The molecule has 0 aromatic heterocycles. The molecule has 7 nitrogen and oxygen atoms in total. The smallest absolute Gasteiger partial charge is 0.244 e. The van der Waals surface area contributed by atoms with E-state index in [-0.39, 0.29) is 6.42 Å². The van der Waals surface area contributed by atoms with Crippen molar-refractivity contribution < 1.29 is 23.2 Å². The Kier molecular flexibility index (Phi) is 5.78. The Bertz CT molecular complexity index is 776. The third-order valence-corrected chi connectivity index (χ3v) is 5.07. The van der Waals surface area contributed by atoms with Crippen molar-refractivity contribution in [3.63, 3.8) is 0 Å². The molecule has 0 aliphatic rings. The van der Waals surface area contributed by atoms with Gasteiger partial charge in [-0.05, 0) is 36.4 Å². The number of hydrogen-bond donors (Lipinski definition) is 2. The fourth-order valence-corrected chi connectivity index (χ4v) is 3.08. The molecule has 0 fully saturated rings. The lowest BCUT2D eigenvalue weighted by Crippen LogP contribution is -2.31. The number of nitrogens with one attached hydrogen (secondary N) is 1. The van der Waals surface area contributed by atoms with Crippen LogP contribution in [0.15, 0.2) is 54.6 Å². The van der Waals surface area contributed by atoms with Crippen molar-refractivity contribution in [2.24, 2.45) is 0 Å². The van der Waals surface area contributed by atoms with E-state index in [4.69, 9.17) is 9.94 Å². The van der Waals surface area contributed by atoms with Crippen molar-refractivity contribution in [1.29, 1.82) is 0 Å².